The molecular weight excluding hydrogens is 571 g/mol. The smallest absolute Gasteiger partial charge is 0.319 e. The standard InChI is InChI=1S/C28H31FN6O6.ClH/c1-15(2)26-31-23(34-40-26)17-6-9-19(10-7-17)39-16(3)27-32-24(35-41-27)18-8-11-20(21(29)12-18)25(37)33-28(4,5)14-38-22(36)13-30;/h6-12,15-16H,13-14,30H2,1-5H3,(H,33,37);1H. The first-order valence-corrected chi connectivity index (χ1v) is 12.9. The van der Waals surface area contributed by atoms with Gasteiger partial charge in [0.05, 0.1) is 17.6 Å². The van der Waals surface area contributed by atoms with E-state index in [2.05, 4.69) is 25.6 Å². The molecule has 0 aliphatic rings. The Labute approximate surface area is 247 Å². The number of halogens is 2. The van der Waals surface area contributed by atoms with Gasteiger partial charge in [-0.2, -0.15) is 9.97 Å². The van der Waals surface area contributed by atoms with Gasteiger partial charge in [0, 0.05) is 17.0 Å². The van der Waals surface area contributed by atoms with Gasteiger partial charge >= 0.3 is 5.97 Å². The maximum atomic E-state index is 14.9. The molecule has 14 heteroatoms. The molecule has 12 nitrogen and oxygen atoms in total. The van der Waals surface area contributed by atoms with Gasteiger partial charge in [0.1, 0.15) is 18.2 Å². The summed E-state index contributed by atoms with van der Waals surface area (Å²) >= 11 is 0. The van der Waals surface area contributed by atoms with Crippen LogP contribution < -0.4 is 15.8 Å². The number of nitrogens with zero attached hydrogens (tertiary/aromatic N) is 4. The van der Waals surface area contributed by atoms with Crippen molar-refractivity contribution in [2.45, 2.75) is 52.2 Å². The van der Waals surface area contributed by atoms with Crippen molar-refractivity contribution < 1.29 is 32.5 Å². The van der Waals surface area contributed by atoms with Crippen LogP contribution in [0, 0.1) is 5.82 Å². The van der Waals surface area contributed by atoms with Gasteiger partial charge in [0.2, 0.25) is 17.5 Å². The summed E-state index contributed by atoms with van der Waals surface area (Å²) < 4.78 is 36.4. The molecule has 42 heavy (non-hydrogen) atoms. The summed E-state index contributed by atoms with van der Waals surface area (Å²) in [6, 6.07) is 11.1. The lowest BCUT2D eigenvalue weighted by Crippen LogP contribution is -2.48. The number of ether oxygens (including phenoxy) is 2. The fourth-order valence-corrected chi connectivity index (χ4v) is 3.61. The van der Waals surface area contributed by atoms with Crippen LogP contribution in [0.3, 0.4) is 0 Å². The van der Waals surface area contributed by atoms with E-state index in [1.807, 2.05) is 26.0 Å². The lowest BCUT2D eigenvalue weighted by Gasteiger charge is -2.25. The van der Waals surface area contributed by atoms with E-state index >= 15 is 0 Å². The van der Waals surface area contributed by atoms with Crippen LogP contribution in [-0.2, 0) is 9.53 Å². The third-order valence-electron chi connectivity index (χ3n) is 5.84. The molecule has 0 fully saturated rings. The number of esters is 1. The highest BCUT2D eigenvalue weighted by Crippen LogP contribution is 2.27. The number of carbonyl (C=O) groups excluding carboxylic acids is 2. The minimum atomic E-state index is -0.948. The van der Waals surface area contributed by atoms with Gasteiger partial charge in [-0.05, 0) is 57.2 Å². The summed E-state index contributed by atoms with van der Waals surface area (Å²) in [6.07, 6.45) is -0.606. The van der Waals surface area contributed by atoms with Crippen LogP contribution in [0.25, 0.3) is 22.8 Å². The van der Waals surface area contributed by atoms with Crippen LogP contribution in [-0.4, -0.2) is 50.8 Å². The number of benzene rings is 2. The molecule has 3 N–H and O–H groups in total. The molecule has 0 radical (unpaired) electrons. The highest BCUT2D eigenvalue weighted by Gasteiger charge is 2.25. The zero-order chi connectivity index (χ0) is 29.7. The summed E-state index contributed by atoms with van der Waals surface area (Å²) in [7, 11) is 0. The molecule has 0 saturated carbocycles. The highest BCUT2D eigenvalue weighted by atomic mass is 35.5. The third-order valence-corrected chi connectivity index (χ3v) is 5.84. The maximum Gasteiger partial charge on any atom is 0.319 e. The van der Waals surface area contributed by atoms with Crippen LogP contribution in [0.4, 0.5) is 4.39 Å². The van der Waals surface area contributed by atoms with E-state index in [4.69, 9.17) is 24.3 Å². The summed E-state index contributed by atoms with van der Waals surface area (Å²) in [5.74, 6) is -0.0310. The molecule has 2 aromatic carbocycles. The van der Waals surface area contributed by atoms with E-state index in [-0.39, 0.29) is 48.8 Å². The van der Waals surface area contributed by atoms with Crippen molar-refractivity contribution in [3.05, 3.63) is 65.6 Å². The first-order chi connectivity index (χ1) is 19.5. The zero-order valence-electron chi connectivity index (χ0n) is 23.7. The van der Waals surface area contributed by atoms with Gasteiger partial charge in [-0.15, -0.1) is 12.4 Å². The van der Waals surface area contributed by atoms with Crippen molar-refractivity contribution in [1.29, 1.82) is 0 Å². The zero-order valence-corrected chi connectivity index (χ0v) is 24.5. The number of aromatic nitrogens is 4. The number of carbonyl (C=O) groups is 2. The van der Waals surface area contributed by atoms with Gasteiger partial charge in [0.25, 0.3) is 11.8 Å². The molecule has 0 aliphatic heterocycles. The van der Waals surface area contributed by atoms with Crippen LogP contribution in [0.2, 0.25) is 0 Å². The quantitative estimate of drug-likeness (QED) is 0.230. The number of rotatable bonds is 11. The van der Waals surface area contributed by atoms with E-state index in [0.29, 0.717) is 23.0 Å². The van der Waals surface area contributed by atoms with Gasteiger partial charge in [-0.1, -0.05) is 30.2 Å². The molecule has 1 atom stereocenters. The topological polar surface area (TPSA) is 168 Å². The van der Waals surface area contributed by atoms with E-state index < -0.39 is 29.3 Å². The predicted molar refractivity (Wildman–Crippen MR) is 151 cm³/mol. The van der Waals surface area contributed by atoms with Crippen LogP contribution in [0.5, 0.6) is 5.75 Å². The molecule has 4 aromatic rings. The average Bonchev–Trinajstić information content (AvgIpc) is 3.63. The Morgan fingerprint density at radius 1 is 0.976 bits per heavy atom. The largest absolute Gasteiger partial charge is 0.481 e. The number of nitrogens with one attached hydrogen (secondary N) is 1. The second-order valence-corrected chi connectivity index (χ2v) is 10.2. The number of nitrogens with two attached hydrogens (primary N) is 1. The van der Waals surface area contributed by atoms with Gasteiger partial charge < -0.3 is 29.6 Å². The first kappa shape index (κ1) is 32.2. The minimum absolute atomic E-state index is 0. The van der Waals surface area contributed by atoms with Crippen LogP contribution in [0.15, 0.2) is 51.5 Å². The lowest BCUT2D eigenvalue weighted by atomic mass is 10.0. The molecule has 0 bridgehead atoms. The van der Waals surface area contributed by atoms with Gasteiger partial charge in [-0.25, -0.2) is 4.39 Å². The Bertz CT molecular complexity index is 1520. The van der Waals surface area contributed by atoms with E-state index in [0.717, 1.165) is 11.6 Å². The van der Waals surface area contributed by atoms with Crippen molar-refractivity contribution in [3.63, 3.8) is 0 Å². The average molecular weight is 603 g/mol. The summed E-state index contributed by atoms with van der Waals surface area (Å²) in [5.41, 5.74) is 5.16. The van der Waals surface area contributed by atoms with Crippen molar-refractivity contribution in [2.24, 2.45) is 5.73 Å². The van der Waals surface area contributed by atoms with Crippen molar-refractivity contribution in [3.8, 4) is 28.5 Å². The fraction of sp³-hybridized carbons (Fsp3) is 0.357. The Hall–Kier alpha value is -4.36. The Morgan fingerprint density at radius 2 is 1.57 bits per heavy atom. The van der Waals surface area contributed by atoms with Crippen LogP contribution >= 0.6 is 12.4 Å². The summed E-state index contributed by atoms with van der Waals surface area (Å²) in [6.45, 7) is 8.55. The lowest BCUT2D eigenvalue weighted by molar-refractivity contribution is -0.143. The number of amides is 1. The summed E-state index contributed by atoms with van der Waals surface area (Å²) in [5, 5.41) is 10.6. The molecule has 4 rings (SSSR count). The molecule has 0 saturated heterocycles. The SMILES string of the molecule is CC(C)c1nc(-c2ccc(OC(C)c3nc(-c4ccc(C(=O)NC(C)(C)COC(=O)CN)c(F)c4)no3)cc2)no1.Cl. The Balaban J connectivity index is 0.00000484. The highest BCUT2D eigenvalue weighted by molar-refractivity contribution is 5.95. The second-order valence-electron chi connectivity index (χ2n) is 10.2. The van der Waals surface area contributed by atoms with Gasteiger partial charge in [-0.3, -0.25) is 9.59 Å². The molecular formula is C28H32ClFN6O6. The molecule has 0 aliphatic carbocycles. The molecule has 224 valence electrons. The predicted octanol–water partition coefficient (Wildman–Crippen LogP) is 4.62. The monoisotopic (exact) mass is 602 g/mol. The second kappa shape index (κ2) is 13.5. The molecule has 0 spiro atoms. The minimum Gasteiger partial charge on any atom is -0.481 e. The molecule has 2 heterocycles. The van der Waals surface area contributed by atoms with Crippen molar-refractivity contribution in [1.82, 2.24) is 25.6 Å². The normalized spacial score (nSPS) is 12.0. The molecule has 2 aromatic heterocycles. The van der Waals surface area contributed by atoms with Crippen molar-refractivity contribution >= 4 is 24.3 Å². The van der Waals surface area contributed by atoms with E-state index in [1.54, 1.807) is 32.9 Å². The fourth-order valence-electron chi connectivity index (χ4n) is 3.61. The molecule has 1 unspecified atom stereocenters. The molecule has 1 amide bonds. The number of hydrogen-bond donors (Lipinski definition) is 2. The van der Waals surface area contributed by atoms with Crippen molar-refractivity contribution in [2.75, 3.05) is 13.2 Å². The maximum absolute atomic E-state index is 14.9. The Morgan fingerprint density at radius 3 is 2.17 bits per heavy atom. The summed E-state index contributed by atoms with van der Waals surface area (Å²) in [4.78, 5) is 32.7. The Kier molecular flexibility index (Phi) is 10.4. The van der Waals surface area contributed by atoms with E-state index in [1.165, 1.54) is 12.1 Å². The third kappa shape index (κ3) is 7.89. The van der Waals surface area contributed by atoms with Gasteiger partial charge in [0.15, 0.2) is 6.10 Å². The van der Waals surface area contributed by atoms with E-state index in [9.17, 15) is 14.0 Å². The first-order valence-electron chi connectivity index (χ1n) is 12.9. The van der Waals surface area contributed by atoms with Crippen LogP contribution in [0.1, 0.15) is 68.8 Å². The number of hydrogen-bond acceptors (Lipinski definition) is 11.